The normalized spacial score (nSPS) is 17.9. The molecule has 0 heterocycles. The molecule has 1 aromatic rings. The quantitative estimate of drug-likeness (QED) is 0.918. The Morgan fingerprint density at radius 1 is 1.20 bits per heavy atom. The topological polar surface area (TPSA) is 44.5 Å². The second-order valence-electron chi connectivity index (χ2n) is 5.66. The van der Waals surface area contributed by atoms with Gasteiger partial charge >= 0.3 is 0 Å². The summed E-state index contributed by atoms with van der Waals surface area (Å²) in [7, 11) is 3.32. The van der Waals surface area contributed by atoms with Gasteiger partial charge in [-0.3, -0.25) is 0 Å². The molecule has 112 valence electrons. The molecule has 1 saturated carbocycles. The summed E-state index contributed by atoms with van der Waals surface area (Å²) in [5.74, 6) is 1.48. The van der Waals surface area contributed by atoms with Crippen molar-refractivity contribution in [1.82, 2.24) is 0 Å². The highest BCUT2D eigenvalue weighted by atomic mass is 35.5. The highest BCUT2D eigenvalue weighted by Gasteiger charge is 2.38. The van der Waals surface area contributed by atoms with Crippen LogP contribution >= 0.6 is 11.6 Å². The van der Waals surface area contributed by atoms with Crippen LogP contribution in [0, 0.1) is 6.92 Å². The fourth-order valence-corrected chi connectivity index (χ4v) is 3.70. The summed E-state index contributed by atoms with van der Waals surface area (Å²) in [5, 5.41) is 0.773. The first kappa shape index (κ1) is 15.5. The van der Waals surface area contributed by atoms with Crippen LogP contribution in [0.4, 0.5) is 0 Å². The molecule has 2 rings (SSSR count). The first-order valence-electron chi connectivity index (χ1n) is 7.21. The number of aryl methyl sites for hydroxylation is 1. The Labute approximate surface area is 126 Å². The minimum atomic E-state index is -0.0834. The van der Waals surface area contributed by atoms with Crippen LogP contribution in [-0.4, -0.2) is 20.8 Å². The van der Waals surface area contributed by atoms with Crippen LogP contribution in [0.15, 0.2) is 6.07 Å². The third kappa shape index (κ3) is 2.49. The standard InChI is InChI=1S/C16H24ClNO2/c1-11-9-12(19-2)15(20-3)13(14(11)17)16(10-18)7-5-4-6-8-16/h9H,4-8,10,18H2,1-3H3. The molecule has 0 atom stereocenters. The van der Waals surface area contributed by atoms with E-state index in [0.29, 0.717) is 6.54 Å². The maximum absolute atomic E-state index is 6.62. The minimum Gasteiger partial charge on any atom is -0.493 e. The molecule has 0 spiro atoms. The first-order valence-corrected chi connectivity index (χ1v) is 7.59. The molecule has 0 saturated heterocycles. The molecule has 4 heteroatoms. The Morgan fingerprint density at radius 3 is 2.35 bits per heavy atom. The molecule has 2 N–H and O–H groups in total. The molecule has 1 aliphatic carbocycles. The molecule has 0 aliphatic heterocycles. The molecule has 0 radical (unpaired) electrons. The van der Waals surface area contributed by atoms with Gasteiger partial charge in [-0.2, -0.15) is 0 Å². The molecule has 0 aromatic heterocycles. The summed E-state index contributed by atoms with van der Waals surface area (Å²) >= 11 is 6.62. The molecular weight excluding hydrogens is 274 g/mol. The SMILES string of the molecule is COc1cc(C)c(Cl)c(C2(CN)CCCCC2)c1OC. The van der Waals surface area contributed by atoms with Gasteiger partial charge in [0.15, 0.2) is 11.5 Å². The van der Waals surface area contributed by atoms with Crippen molar-refractivity contribution in [2.45, 2.75) is 44.4 Å². The fourth-order valence-electron chi connectivity index (χ4n) is 3.36. The van der Waals surface area contributed by atoms with Crippen molar-refractivity contribution < 1.29 is 9.47 Å². The largest absolute Gasteiger partial charge is 0.493 e. The maximum Gasteiger partial charge on any atom is 0.166 e. The number of rotatable bonds is 4. The Balaban J connectivity index is 2.66. The molecule has 1 aliphatic rings. The predicted octanol–water partition coefficient (Wildman–Crippen LogP) is 3.83. The predicted molar refractivity (Wildman–Crippen MR) is 83.1 cm³/mol. The molecule has 0 unspecified atom stereocenters. The Bertz CT molecular complexity index is 482. The van der Waals surface area contributed by atoms with Crippen LogP contribution in [0.1, 0.15) is 43.2 Å². The fraction of sp³-hybridized carbons (Fsp3) is 0.625. The van der Waals surface area contributed by atoms with Gasteiger partial charge in [0.1, 0.15) is 0 Å². The molecular formula is C16H24ClNO2. The van der Waals surface area contributed by atoms with Gasteiger partial charge in [-0.05, 0) is 31.4 Å². The van der Waals surface area contributed by atoms with E-state index >= 15 is 0 Å². The van der Waals surface area contributed by atoms with Crippen LogP contribution in [0.2, 0.25) is 5.02 Å². The van der Waals surface area contributed by atoms with Crippen molar-refractivity contribution in [3.63, 3.8) is 0 Å². The van der Waals surface area contributed by atoms with Gasteiger partial charge in [0.05, 0.1) is 19.2 Å². The number of ether oxygens (including phenoxy) is 2. The van der Waals surface area contributed by atoms with Crippen LogP contribution in [0.25, 0.3) is 0 Å². The van der Waals surface area contributed by atoms with Crippen molar-refractivity contribution in [2.24, 2.45) is 5.73 Å². The molecule has 1 aromatic carbocycles. The Hall–Kier alpha value is -0.930. The second kappa shape index (κ2) is 6.23. The van der Waals surface area contributed by atoms with Gasteiger partial charge < -0.3 is 15.2 Å². The number of halogens is 1. The highest BCUT2D eigenvalue weighted by Crippen LogP contribution is 2.50. The maximum atomic E-state index is 6.62. The molecule has 1 fully saturated rings. The summed E-state index contributed by atoms with van der Waals surface area (Å²) in [5.41, 5.74) is 8.12. The van der Waals surface area contributed by atoms with E-state index in [1.54, 1.807) is 14.2 Å². The lowest BCUT2D eigenvalue weighted by Gasteiger charge is -2.38. The molecule has 0 bridgehead atoms. The van der Waals surface area contributed by atoms with Gasteiger partial charge in [0, 0.05) is 17.5 Å². The number of methoxy groups -OCH3 is 2. The lowest BCUT2D eigenvalue weighted by molar-refractivity contribution is 0.281. The summed E-state index contributed by atoms with van der Waals surface area (Å²) in [6, 6.07) is 1.93. The Kier molecular flexibility index (Phi) is 4.82. The average molecular weight is 298 g/mol. The number of hydrogen-bond acceptors (Lipinski definition) is 3. The number of hydrogen-bond donors (Lipinski definition) is 1. The summed E-state index contributed by atoms with van der Waals surface area (Å²) in [4.78, 5) is 0. The molecule has 0 amide bonds. The van der Waals surface area contributed by atoms with Gasteiger partial charge in [-0.25, -0.2) is 0 Å². The van der Waals surface area contributed by atoms with Crippen molar-refractivity contribution >= 4 is 11.6 Å². The lowest BCUT2D eigenvalue weighted by atomic mass is 9.68. The van der Waals surface area contributed by atoms with E-state index in [-0.39, 0.29) is 5.41 Å². The first-order chi connectivity index (χ1) is 9.59. The second-order valence-corrected chi connectivity index (χ2v) is 6.04. The lowest BCUT2D eigenvalue weighted by Crippen LogP contribution is -2.38. The van der Waals surface area contributed by atoms with Crippen molar-refractivity contribution in [3.05, 3.63) is 22.2 Å². The van der Waals surface area contributed by atoms with E-state index in [9.17, 15) is 0 Å². The van der Waals surface area contributed by atoms with E-state index in [1.807, 2.05) is 13.0 Å². The number of nitrogens with two attached hydrogens (primary N) is 1. The Morgan fingerprint density at radius 2 is 1.85 bits per heavy atom. The van der Waals surface area contributed by atoms with Gasteiger partial charge in [-0.1, -0.05) is 30.9 Å². The van der Waals surface area contributed by atoms with E-state index in [1.165, 1.54) is 19.3 Å². The number of benzene rings is 1. The van der Waals surface area contributed by atoms with Crippen LogP contribution in [-0.2, 0) is 5.41 Å². The zero-order valence-corrected chi connectivity index (χ0v) is 13.3. The van der Waals surface area contributed by atoms with Crippen LogP contribution < -0.4 is 15.2 Å². The van der Waals surface area contributed by atoms with Crippen molar-refractivity contribution in [1.29, 1.82) is 0 Å². The van der Waals surface area contributed by atoms with Gasteiger partial charge in [0.25, 0.3) is 0 Å². The van der Waals surface area contributed by atoms with E-state index in [4.69, 9.17) is 26.8 Å². The van der Waals surface area contributed by atoms with Gasteiger partial charge in [-0.15, -0.1) is 0 Å². The summed E-state index contributed by atoms with van der Waals surface area (Å²) < 4.78 is 11.1. The zero-order valence-electron chi connectivity index (χ0n) is 12.6. The van der Waals surface area contributed by atoms with Crippen molar-refractivity contribution in [2.75, 3.05) is 20.8 Å². The van der Waals surface area contributed by atoms with Gasteiger partial charge in [0.2, 0.25) is 0 Å². The van der Waals surface area contributed by atoms with E-state index in [2.05, 4.69) is 0 Å². The van der Waals surface area contributed by atoms with E-state index in [0.717, 1.165) is 40.5 Å². The molecule has 3 nitrogen and oxygen atoms in total. The third-order valence-corrected chi connectivity index (χ3v) is 5.01. The smallest absolute Gasteiger partial charge is 0.166 e. The summed E-state index contributed by atoms with van der Waals surface area (Å²) in [6.45, 7) is 2.59. The summed E-state index contributed by atoms with van der Waals surface area (Å²) in [6.07, 6.45) is 5.77. The zero-order chi connectivity index (χ0) is 14.8. The minimum absolute atomic E-state index is 0.0834. The third-order valence-electron chi connectivity index (χ3n) is 4.52. The van der Waals surface area contributed by atoms with Crippen molar-refractivity contribution in [3.8, 4) is 11.5 Å². The van der Waals surface area contributed by atoms with Crippen LogP contribution in [0.5, 0.6) is 11.5 Å². The monoisotopic (exact) mass is 297 g/mol. The van der Waals surface area contributed by atoms with Crippen LogP contribution in [0.3, 0.4) is 0 Å². The average Bonchev–Trinajstić information content (AvgIpc) is 2.49. The highest BCUT2D eigenvalue weighted by molar-refractivity contribution is 6.32. The molecule has 20 heavy (non-hydrogen) atoms. The van der Waals surface area contributed by atoms with E-state index < -0.39 is 0 Å².